The molecule has 1 aromatic carbocycles. The molecule has 0 N–H and O–H groups in total. The molecule has 2 fully saturated rings. The SMILES string of the molecule is Cc1cc(=O)oc2cc(OCC(=O)N3CC4CCC(C3)N4C(=O)OC(C)(C)C)ccc12. The highest BCUT2D eigenvalue weighted by Gasteiger charge is 2.45. The highest BCUT2D eigenvalue weighted by atomic mass is 16.6. The Labute approximate surface area is 180 Å². The number of carbonyl (C=O) groups excluding carboxylic acids is 2. The Hall–Kier alpha value is -3.03. The molecule has 2 aliphatic heterocycles. The van der Waals surface area contributed by atoms with Crippen LogP contribution in [0.5, 0.6) is 5.75 Å². The lowest BCUT2D eigenvalue weighted by molar-refractivity contribution is -0.136. The summed E-state index contributed by atoms with van der Waals surface area (Å²) in [7, 11) is 0. The van der Waals surface area contributed by atoms with Gasteiger partial charge in [0.15, 0.2) is 6.61 Å². The van der Waals surface area contributed by atoms with Gasteiger partial charge in [-0.15, -0.1) is 0 Å². The number of aryl methyl sites for hydroxylation is 1. The van der Waals surface area contributed by atoms with Crippen LogP contribution < -0.4 is 10.4 Å². The lowest BCUT2D eigenvalue weighted by Gasteiger charge is -2.41. The zero-order valence-corrected chi connectivity index (χ0v) is 18.3. The van der Waals surface area contributed by atoms with Crippen LogP contribution in [0.25, 0.3) is 11.0 Å². The first kappa shape index (κ1) is 21.2. The largest absolute Gasteiger partial charge is 0.484 e. The summed E-state index contributed by atoms with van der Waals surface area (Å²) in [5, 5.41) is 0.827. The molecule has 8 nitrogen and oxygen atoms in total. The third-order valence-corrected chi connectivity index (χ3v) is 5.72. The molecule has 4 rings (SSSR count). The molecule has 0 radical (unpaired) electrons. The van der Waals surface area contributed by atoms with Crippen LogP contribution in [0.3, 0.4) is 0 Å². The summed E-state index contributed by atoms with van der Waals surface area (Å²) in [4.78, 5) is 40.5. The molecule has 3 heterocycles. The van der Waals surface area contributed by atoms with E-state index in [1.807, 2.05) is 33.8 Å². The lowest BCUT2D eigenvalue weighted by Crippen LogP contribution is -2.58. The number of nitrogens with zero attached hydrogens (tertiary/aromatic N) is 2. The van der Waals surface area contributed by atoms with E-state index >= 15 is 0 Å². The zero-order valence-electron chi connectivity index (χ0n) is 18.3. The van der Waals surface area contributed by atoms with Gasteiger partial charge in [-0.05, 0) is 58.2 Å². The molecule has 2 amide bonds. The van der Waals surface area contributed by atoms with Crippen molar-refractivity contribution in [1.82, 2.24) is 9.80 Å². The van der Waals surface area contributed by atoms with Crippen molar-refractivity contribution >= 4 is 23.0 Å². The number of ether oxygens (including phenoxy) is 2. The van der Waals surface area contributed by atoms with Gasteiger partial charge in [0.1, 0.15) is 16.9 Å². The number of fused-ring (bicyclic) bond motifs is 3. The summed E-state index contributed by atoms with van der Waals surface area (Å²) in [5.74, 6) is 0.330. The Morgan fingerprint density at radius 1 is 1.13 bits per heavy atom. The van der Waals surface area contributed by atoms with E-state index < -0.39 is 11.2 Å². The minimum Gasteiger partial charge on any atom is -0.484 e. The van der Waals surface area contributed by atoms with Gasteiger partial charge >= 0.3 is 11.7 Å². The molecule has 2 atom stereocenters. The van der Waals surface area contributed by atoms with E-state index in [9.17, 15) is 14.4 Å². The molecule has 31 heavy (non-hydrogen) atoms. The van der Waals surface area contributed by atoms with E-state index in [4.69, 9.17) is 13.9 Å². The molecule has 0 aliphatic carbocycles. The van der Waals surface area contributed by atoms with E-state index in [0.29, 0.717) is 24.4 Å². The van der Waals surface area contributed by atoms with Crippen LogP contribution in [-0.4, -0.2) is 59.2 Å². The van der Waals surface area contributed by atoms with Crippen molar-refractivity contribution in [3.63, 3.8) is 0 Å². The summed E-state index contributed by atoms with van der Waals surface area (Å²) >= 11 is 0. The quantitative estimate of drug-likeness (QED) is 0.698. The fourth-order valence-corrected chi connectivity index (χ4v) is 4.35. The maximum absolute atomic E-state index is 12.8. The predicted octanol–water partition coefficient (Wildman–Crippen LogP) is 3.09. The monoisotopic (exact) mass is 428 g/mol. The fraction of sp³-hybridized carbons (Fsp3) is 0.522. The molecule has 0 saturated carbocycles. The summed E-state index contributed by atoms with van der Waals surface area (Å²) in [6.07, 6.45) is 1.41. The maximum atomic E-state index is 12.8. The summed E-state index contributed by atoms with van der Waals surface area (Å²) in [6, 6.07) is 6.57. The van der Waals surface area contributed by atoms with Crippen molar-refractivity contribution in [3.8, 4) is 5.75 Å². The molecule has 2 bridgehead atoms. The molecular weight excluding hydrogens is 400 g/mol. The van der Waals surface area contributed by atoms with Crippen LogP contribution in [0.2, 0.25) is 0 Å². The Balaban J connectivity index is 1.38. The number of amides is 2. The Morgan fingerprint density at radius 2 is 1.81 bits per heavy atom. The minimum absolute atomic E-state index is 0.0320. The van der Waals surface area contributed by atoms with Crippen molar-refractivity contribution in [2.75, 3.05) is 19.7 Å². The first-order valence-corrected chi connectivity index (χ1v) is 10.6. The second kappa shape index (κ2) is 7.90. The van der Waals surface area contributed by atoms with Crippen LogP contribution in [0, 0.1) is 6.92 Å². The first-order valence-electron chi connectivity index (χ1n) is 10.6. The van der Waals surface area contributed by atoms with Crippen molar-refractivity contribution in [1.29, 1.82) is 0 Å². The number of hydrogen-bond donors (Lipinski definition) is 0. The van der Waals surface area contributed by atoms with Gasteiger partial charge in [-0.1, -0.05) is 0 Å². The Bertz CT molecular complexity index is 1060. The van der Waals surface area contributed by atoms with Crippen LogP contribution in [0.1, 0.15) is 39.2 Å². The van der Waals surface area contributed by atoms with Crippen LogP contribution in [0.15, 0.2) is 33.5 Å². The highest BCUT2D eigenvalue weighted by molar-refractivity contribution is 5.82. The average molecular weight is 428 g/mol. The number of piperazine rings is 1. The van der Waals surface area contributed by atoms with Crippen LogP contribution in [0.4, 0.5) is 4.79 Å². The topological polar surface area (TPSA) is 89.3 Å². The average Bonchev–Trinajstić information content (AvgIpc) is 2.94. The molecule has 2 saturated heterocycles. The van der Waals surface area contributed by atoms with Crippen molar-refractivity contribution in [3.05, 3.63) is 40.2 Å². The molecule has 2 aromatic rings. The van der Waals surface area contributed by atoms with E-state index in [0.717, 1.165) is 23.8 Å². The van der Waals surface area contributed by atoms with E-state index in [2.05, 4.69) is 0 Å². The maximum Gasteiger partial charge on any atom is 0.410 e. The predicted molar refractivity (Wildman–Crippen MR) is 114 cm³/mol. The summed E-state index contributed by atoms with van der Waals surface area (Å²) in [5.41, 5.74) is 0.289. The van der Waals surface area contributed by atoms with Gasteiger partial charge in [-0.2, -0.15) is 0 Å². The second-order valence-corrected chi connectivity index (χ2v) is 9.27. The number of benzene rings is 1. The smallest absolute Gasteiger partial charge is 0.410 e. The Kier molecular flexibility index (Phi) is 5.41. The van der Waals surface area contributed by atoms with Crippen molar-refractivity contribution in [2.45, 2.75) is 58.2 Å². The molecule has 0 spiro atoms. The fourth-order valence-electron chi connectivity index (χ4n) is 4.35. The van der Waals surface area contributed by atoms with Gasteiger partial charge in [-0.3, -0.25) is 9.69 Å². The normalized spacial score (nSPS) is 20.8. The van der Waals surface area contributed by atoms with Gasteiger partial charge < -0.3 is 18.8 Å². The van der Waals surface area contributed by atoms with Gasteiger partial charge in [0.25, 0.3) is 5.91 Å². The first-order chi connectivity index (χ1) is 14.6. The number of carbonyl (C=O) groups is 2. The lowest BCUT2D eigenvalue weighted by atomic mass is 10.1. The third-order valence-electron chi connectivity index (χ3n) is 5.72. The number of likely N-dealkylation sites (tertiary alicyclic amines) is 1. The summed E-state index contributed by atoms with van der Waals surface area (Å²) in [6.45, 7) is 8.23. The van der Waals surface area contributed by atoms with E-state index in [1.165, 1.54) is 6.07 Å². The molecule has 2 aliphatic rings. The molecule has 1 aromatic heterocycles. The van der Waals surface area contributed by atoms with E-state index in [-0.39, 0.29) is 30.7 Å². The van der Waals surface area contributed by atoms with E-state index in [1.54, 1.807) is 21.9 Å². The molecule has 2 unspecified atom stereocenters. The highest BCUT2D eigenvalue weighted by Crippen LogP contribution is 2.32. The molecular formula is C23H28N2O6. The minimum atomic E-state index is -0.547. The van der Waals surface area contributed by atoms with Crippen LogP contribution in [-0.2, 0) is 9.53 Å². The van der Waals surface area contributed by atoms with Gasteiger partial charge in [-0.25, -0.2) is 9.59 Å². The number of hydrogen-bond acceptors (Lipinski definition) is 6. The zero-order chi connectivity index (χ0) is 22.3. The molecule has 8 heteroatoms. The van der Waals surface area contributed by atoms with Crippen molar-refractivity contribution in [2.24, 2.45) is 0 Å². The molecule has 166 valence electrons. The third kappa shape index (κ3) is 4.52. The number of rotatable bonds is 3. The van der Waals surface area contributed by atoms with Crippen LogP contribution >= 0.6 is 0 Å². The standard InChI is InChI=1S/C23H28N2O6/c1-14-9-21(27)30-19-10-17(7-8-18(14)19)29-13-20(26)24-11-15-5-6-16(12-24)25(15)22(28)31-23(2,3)4/h7-10,15-16H,5-6,11-13H2,1-4H3. The van der Waals surface area contributed by atoms with Crippen molar-refractivity contribution < 1.29 is 23.5 Å². The van der Waals surface area contributed by atoms with Gasteiger partial charge in [0, 0.05) is 30.6 Å². The van der Waals surface area contributed by atoms with Gasteiger partial charge in [0.05, 0.1) is 12.1 Å². The summed E-state index contributed by atoms with van der Waals surface area (Å²) < 4.78 is 16.5. The van der Waals surface area contributed by atoms with Gasteiger partial charge in [0.2, 0.25) is 0 Å². The Morgan fingerprint density at radius 3 is 2.45 bits per heavy atom. The second-order valence-electron chi connectivity index (χ2n) is 9.27.